The van der Waals surface area contributed by atoms with Crippen molar-refractivity contribution in [2.24, 2.45) is 0 Å². The zero-order chi connectivity index (χ0) is 10.4. The lowest BCUT2D eigenvalue weighted by Crippen LogP contribution is -2.00. The maximum absolute atomic E-state index is 3.36. The molecule has 0 heterocycles. The molecule has 0 radical (unpaired) electrons. The number of aryl methyl sites for hydroxylation is 2. The molecule has 1 aromatic rings. The predicted molar refractivity (Wildman–Crippen MR) is 62.5 cm³/mol. The van der Waals surface area contributed by atoms with Crippen molar-refractivity contribution in [1.29, 1.82) is 0 Å². The highest BCUT2D eigenvalue weighted by Gasteiger charge is 1.93. The van der Waals surface area contributed by atoms with E-state index in [1.54, 1.807) is 0 Å². The zero-order valence-electron chi connectivity index (χ0n) is 9.15. The average molecular weight is 187 g/mol. The Morgan fingerprint density at radius 1 is 1.14 bits per heavy atom. The maximum atomic E-state index is 3.36. The average Bonchev–Trinajstić information content (AvgIpc) is 2.11. The molecule has 0 bridgehead atoms. The number of nitrogens with one attached hydrogen (secondary N) is 1. The molecule has 0 saturated carbocycles. The van der Waals surface area contributed by atoms with E-state index in [0.29, 0.717) is 0 Å². The summed E-state index contributed by atoms with van der Waals surface area (Å²) in [7, 11) is 0. The van der Waals surface area contributed by atoms with Crippen LogP contribution in [0.15, 0.2) is 18.2 Å². The van der Waals surface area contributed by atoms with E-state index >= 15 is 0 Å². The van der Waals surface area contributed by atoms with Gasteiger partial charge in [0.2, 0.25) is 0 Å². The van der Waals surface area contributed by atoms with Gasteiger partial charge in [-0.25, -0.2) is 0 Å². The molecular weight excluding hydrogens is 170 g/mol. The Balaban J connectivity index is 2.53. The Kier molecular flexibility index (Phi) is 4.07. The van der Waals surface area contributed by atoms with Crippen LogP contribution in [0.3, 0.4) is 0 Å². The minimum Gasteiger partial charge on any atom is -0.384 e. The normalized spacial score (nSPS) is 9.07. The first-order valence-corrected chi connectivity index (χ1v) is 4.94. The van der Waals surface area contributed by atoms with E-state index < -0.39 is 0 Å². The SMILES string of the molecule is CC#CCCNc1cc(C)cc(C)c1. The molecule has 1 rings (SSSR count). The van der Waals surface area contributed by atoms with E-state index in [1.165, 1.54) is 16.8 Å². The Hall–Kier alpha value is -1.42. The highest BCUT2D eigenvalue weighted by atomic mass is 14.9. The summed E-state index contributed by atoms with van der Waals surface area (Å²) in [6.45, 7) is 7.02. The number of rotatable bonds is 3. The van der Waals surface area contributed by atoms with E-state index in [1.807, 2.05) is 6.92 Å². The van der Waals surface area contributed by atoms with Gasteiger partial charge in [-0.2, -0.15) is 0 Å². The van der Waals surface area contributed by atoms with Crippen LogP contribution < -0.4 is 5.32 Å². The van der Waals surface area contributed by atoms with Crippen LogP contribution in [0.25, 0.3) is 0 Å². The van der Waals surface area contributed by atoms with Crippen LogP contribution in [0.2, 0.25) is 0 Å². The van der Waals surface area contributed by atoms with Crippen LogP contribution in [0.5, 0.6) is 0 Å². The molecule has 0 fully saturated rings. The third kappa shape index (κ3) is 3.53. The lowest BCUT2D eigenvalue weighted by atomic mass is 10.1. The fourth-order valence-corrected chi connectivity index (χ4v) is 1.47. The molecule has 74 valence electrons. The Bertz CT molecular complexity index is 335. The lowest BCUT2D eigenvalue weighted by molar-refractivity contribution is 1.09. The summed E-state index contributed by atoms with van der Waals surface area (Å²) in [6.07, 6.45) is 0.906. The van der Waals surface area contributed by atoms with Gasteiger partial charge in [0, 0.05) is 18.7 Å². The molecule has 1 N–H and O–H groups in total. The molecule has 14 heavy (non-hydrogen) atoms. The highest BCUT2D eigenvalue weighted by Crippen LogP contribution is 2.13. The van der Waals surface area contributed by atoms with E-state index in [2.05, 4.69) is 49.2 Å². The molecular formula is C13H17N. The van der Waals surface area contributed by atoms with Gasteiger partial charge < -0.3 is 5.32 Å². The molecule has 0 saturated heterocycles. The van der Waals surface area contributed by atoms with E-state index in [0.717, 1.165) is 13.0 Å². The van der Waals surface area contributed by atoms with E-state index in [9.17, 15) is 0 Å². The first-order valence-electron chi connectivity index (χ1n) is 4.94. The largest absolute Gasteiger partial charge is 0.384 e. The number of benzene rings is 1. The van der Waals surface area contributed by atoms with Crippen molar-refractivity contribution in [2.75, 3.05) is 11.9 Å². The van der Waals surface area contributed by atoms with Gasteiger partial charge in [-0.05, 0) is 44.0 Å². The molecule has 0 aliphatic rings. The zero-order valence-corrected chi connectivity index (χ0v) is 9.15. The van der Waals surface area contributed by atoms with Gasteiger partial charge in [0.25, 0.3) is 0 Å². The Labute approximate surface area is 86.5 Å². The lowest BCUT2D eigenvalue weighted by Gasteiger charge is -2.06. The standard InChI is InChI=1S/C13H17N/c1-4-5-6-7-14-13-9-11(2)8-12(3)10-13/h8-10,14H,6-7H2,1-3H3. The smallest absolute Gasteiger partial charge is 0.0345 e. The highest BCUT2D eigenvalue weighted by molar-refractivity contribution is 5.48. The van der Waals surface area contributed by atoms with Crippen LogP contribution in [0.1, 0.15) is 24.5 Å². The van der Waals surface area contributed by atoms with Crippen molar-refractivity contribution in [3.63, 3.8) is 0 Å². The molecule has 0 spiro atoms. The van der Waals surface area contributed by atoms with Crippen LogP contribution in [-0.2, 0) is 0 Å². The maximum Gasteiger partial charge on any atom is 0.0345 e. The second-order valence-electron chi connectivity index (χ2n) is 3.48. The Morgan fingerprint density at radius 3 is 2.36 bits per heavy atom. The fraction of sp³-hybridized carbons (Fsp3) is 0.385. The van der Waals surface area contributed by atoms with Crippen LogP contribution >= 0.6 is 0 Å². The van der Waals surface area contributed by atoms with Crippen LogP contribution in [0.4, 0.5) is 5.69 Å². The van der Waals surface area contributed by atoms with Gasteiger partial charge in [-0.3, -0.25) is 0 Å². The quantitative estimate of drug-likeness (QED) is 0.566. The topological polar surface area (TPSA) is 12.0 Å². The van der Waals surface area contributed by atoms with Crippen molar-refractivity contribution in [1.82, 2.24) is 0 Å². The number of hydrogen-bond acceptors (Lipinski definition) is 1. The molecule has 0 aliphatic heterocycles. The minimum atomic E-state index is 0.906. The molecule has 1 heteroatoms. The Morgan fingerprint density at radius 2 is 1.79 bits per heavy atom. The number of anilines is 1. The predicted octanol–water partition coefficient (Wildman–Crippen LogP) is 3.13. The van der Waals surface area contributed by atoms with Crippen molar-refractivity contribution in [3.8, 4) is 11.8 Å². The van der Waals surface area contributed by atoms with Gasteiger partial charge in [0.05, 0.1) is 0 Å². The molecule has 0 amide bonds. The van der Waals surface area contributed by atoms with Crippen molar-refractivity contribution >= 4 is 5.69 Å². The molecule has 0 unspecified atom stereocenters. The third-order valence-electron chi connectivity index (χ3n) is 1.98. The van der Waals surface area contributed by atoms with Crippen LogP contribution in [0, 0.1) is 25.7 Å². The second kappa shape index (κ2) is 5.34. The summed E-state index contributed by atoms with van der Waals surface area (Å²) in [4.78, 5) is 0. The third-order valence-corrected chi connectivity index (χ3v) is 1.98. The summed E-state index contributed by atoms with van der Waals surface area (Å²) in [6, 6.07) is 6.50. The van der Waals surface area contributed by atoms with Gasteiger partial charge in [-0.15, -0.1) is 11.8 Å². The summed E-state index contributed by atoms with van der Waals surface area (Å²) in [5.41, 5.74) is 3.79. The molecule has 1 nitrogen and oxygen atoms in total. The molecule has 0 aromatic heterocycles. The fourth-order valence-electron chi connectivity index (χ4n) is 1.47. The van der Waals surface area contributed by atoms with Gasteiger partial charge >= 0.3 is 0 Å². The monoisotopic (exact) mass is 187 g/mol. The van der Waals surface area contributed by atoms with Crippen LogP contribution in [-0.4, -0.2) is 6.54 Å². The molecule has 1 aromatic carbocycles. The summed E-state index contributed by atoms with van der Waals surface area (Å²) in [5.74, 6) is 5.92. The minimum absolute atomic E-state index is 0.906. The van der Waals surface area contributed by atoms with E-state index in [-0.39, 0.29) is 0 Å². The van der Waals surface area contributed by atoms with Crippen molar-refractivity contribution in [2.45, 2.75) is 27.2 Å². The van der Waals surface area contributed by atoms with Crippen molar-refractivity contribution in [3.05, 3.63) is 29.3 Å². The first-order chi connectivity index (χ1) is 6.72. The van der Waals surface area contributed by atoms with Gasteiger partial charge in [0.1, 0.15) is 0 Å². The molecule has 0 aliphatic carbocycles. The summed E-state index contributed by atoms with van der Waals surface area (Å²) < 4.78 is 0. The first kappa shape index (κ1) is 10.7. The second-order valence-corrected chi connectivity index (χ2v) is 3.48. The van der Waals surface area contributed by atoms with Gasteiger partial charge in [-0.1, -0.05) is 6.07 Å². The van der Waals surface area contributed by atoms with Crippen molar-refractivity contribution < 1.29 is 0 Å². The van der Waals surface area contributed by atoms with Gasteiger partial charge in [0.15, 0.2) is 0 Å². The summed E-state index contributed by atoms with van der Waals surface area (Å²) >= 11 is 0. The summed E-state index contributed by atoms with van der Waals surface area (Å²) in [5, 5.41) is 3.36. The molecule has 0 atom stereocenters. The van der Waals surface area contributed by atoms with E-state index in [4.69, 9.17) is 0 Å². The number of hydrogen-bond donors (Lipinski definition) is 1.